The van der Waals surface area contributed by atoms with Gasteiger partial charge in [0.15, 0.2) is 0 Å². The number of thioether (sulfide) groups is 1. The maximum absolute atomic E-state index is 11.6. The minimum atomic E-state index is 0.0287. The summed E-state index contributed by atoms with van der Waals surface area (Å²) in [5, 5.41) is 4.83. The van der Waals surface area contributed by atoms with Crippen molar-refractivity contribution in [3.63, 3.8) is 0 Å². The van der Waals surface area contributed by atoms with Crippen molar-refractivity contribution < 1.29 is 4.79 Å². The van der Waals surface area contributed by atoms with Crippen LogP contribution in [0.1, 0.15) is 22.5 Å². The monoisotopic (exact) mass is 307 g/mol. The molecule has 0 aliphatic carbocycles. The lowest BCUT2D eigenvalue weighted by Gasteiger charge is -2.03. The van der Waals surface area contributed by atoms with Gasteiger partial charge in [0.1, 0.15) is 4.88 Å². The van der Waals surface area contributed by atoms with Gasteiger partial charge in [-0.2, -0.15) is 11.8 Å². The first kappa shape index (κ1) is 13.1. The van der Waals surface area contributed by atoms with Crippen molar-refractivity contribution in [1.29, 1.82) is 0 Å². The van der Waals surface area contributed by atoms with Gasteiger partial charge < -0.3 is 5.32 Å². The van der Waals surface area contributed by atoms with E-state index in [9.17, 15) is 4.79 Å². The molecule has 1 rings (SSSR count). The topological polar surface area (TPSA) is 29.1 Å². The van der Waals surface area contributed by atoms with Crippen molar-refractivity contribution in [3.05, 3.63) is 20.8 Å². The first-order valence-electron chi connectivity index (χ1n) is 4.76. The number of unbranched alkanes of at least 4 members (excludes halogenated alkanes) is 1. The van der Waals surface area contributed by atoms with E-state index in [1.54, 1.807) is 0 Å². The Kier molecular flexibility index (Phi) is 6.36. The van der Waals surface area contributed by atoms with Gasteiger partial charge in [-0.15, -0.1) is 11.3 Å². The van der Waals surface area contributed by atoms with E-state index in [1.165, 1.54) is 17.1 Å². The zero-order chi connectivity index (χ0) is 11.1. The van der Waals surface area contributed by atoms with Crippen molar-refractivity contribution in [2.45, 2.75) is 12.8 Å². The van der Waals surface area contributed by atoms with Crippen LogP contribution in [-0.4, -0.2) is 24.5 Å². The standard InChI is InChI=1S/C10H14BrNOS2/c1-14-6-3-2-5-12-10(13)9-8(11)4-7-15-9/h4,7H,2-3,5-6H2,1H3,(H,12,13). The SMILES string of the molecule is CSCCCCNC(=O)c1sccc1Br. The molecule has 1 aromatic heterocycles. The molecule has 1 aromatic rings. The highest BCUT2D eigenvalue weighted by molar-refractivity contribution is 9.10. The molecule has 0 saturated carbocycles. The molecule has 84 valence electrons. The number of rotatable bonds is 6. The van der Waals surface area contributed by atoms with Crippen molar-refractivity contribution in [3.8, 4) is 0 Å². The molecule has 0 fully saturated rings. The third-order valence-corrected chi connectivity index (χ3v) is 4.42. The van der Waals surface area contributed by atoms with Gasteiger partial charge in [-0.1, -0.05) is 0 Å². The maximum atomic E-state index is 11.6. The number of carbonyl (C=O) groups is 1. The van der Waals surface area contributed by atoms with Crippen molar-refractivity contribution in [2.24, 2.45) is 0 Å². The Hall–Kier alpha value is -0.000000000000000111. The Morgan fingerprint density at radius 2 is 2.40 bits per heavy atom. The largest absolute Gasteiger partial charge is 0.351 e. The lowest BCUT2D eigenvalue weighted by molar-refractivity contribution is 0.0956. The molecule has 0 radical (unpaired) electrons. The summed E-state index contributed by atoms with van der Waals surface area (Å²) in [6.07, 6.45) is 4.31. The molecular weight excluding hydrogens is 294 g/mol. The van der Waals surface area contributed by atoms with Crippen LogP contribution in [0.2, 0.25) is 0 Å². The van der Waals surface area contributed by atoms with Crippen LogP contribution in [0, 0.1) is 0 Å². The zero-order valence-corrected chi connectivity index (χ0v) is 11.8. The molecule has 0 unspecified atom stereocenters. The fourth-order valence-electron chi connectivity index (χ4n) is 1.11. The molecule has 1 amide bonds. The Morgan fingerprint density at radius 3 is 3.00 bits per heavy atom. The van der Waals surface area contributed by atoms with E-state index >= 15 is 0 Å². The lowest BCUT2D eigenvalue weighted by atomic mass is 10.3. The summed E-state index contributed by atoms with van der Waals surface area (Å²) in [6, 6.07) is 1.90. The number of halogens is 1. The average molecular weight is 308 g/mol. The molecule has 15 heavy (non-hydrogen) atoms. The fourth-order valence-corrected chi connectivity index (χ4v) is 3.07. The Balaban J connectivity index is 2.22. The Labute approximate surface area is 107 Å². The van der Waals surface area contributed by atoms with E-state index < -0.39 is 0 Å². The predicted molar refractivity (Wildman–Crippen MR) is 72.0 cm³/mol. The highest BCUT2D eigenvalue weighted by Gasteiger charge is 2.09. The third kappa shape index (κ3) is 4.57. The Bertz CT molecular complexity index is 314. The molecule has 0 bridgehead atoms. The van der Waals surface area contributed by atoms with Gasteiger partial charge in [0, 0.05) is 11.0 Å². The number of thiophene rings is 1. The van der Waals surface area contributed by atoms with Gasteiger partial charge in [-0.05, 0) is 52.2 Å². The maximum Gasteiger partial charge on any atom is 0.262 e. The molecule has 0 spiro atoms. The number of nitrogens with one attached hydrogen (secondary N) is 1. The van der Waals surface area contributed by atoms with Crippen LogP contribution < -0.4 is 5.32 Å². The number of carbonyl (C=O) groups excluding carboxylic acids is 1. The second-order valence-electron chi connectivity index (χ2n) is 3.05. The van der Waals surface area contributed by atoms with Crippen LogP contribution in [0.3, 0.4) is 0 Å². The number of amides is 1. The second kappa shape index (κ2) is 7.30. The first-order valence-corrected chi connectivity index (χ1v) is 7.82. The highest BCUT2D eigenvalue weighted by Crippen LogP contribution is 2.22. The minimum Gasteiger partial charge on any atom is -0.351 e. The minimum absolute atomic E-state index is 0.0287. The van der Waals surface area contributed by atoms with Crippen LogP contribution in [0.4, 0.5) is 0 Å². The Morgan fingerprint density at radius 1 is 1.60 bits per heavy atom. The second-order valence-corrected chi connectivity index (χ2v) is 5.81. The summed E-state index contributed by atoms with van der Waals surface area (Å²) < 4.78 is 0.883. The van der Waals surface area contributed by atoms with Crippen LogP contribution >= 0.6 is 39.0 Å². The quantitative estimate of drug-likeness (QED) is 0.816. The normalized spacial score (nSPS) is 10.3. The zero-order valence-electron chi connectivity index (χ0n) is 8.59. The van der Waals surface area contributed by atoms with Gasteiger partial charge in [-0.3, -0.25) is 4.79 Å². The predicted octanol–water partition coefficient (Wildman–Crippen LogP) is 3.38. The lowest BCUT2D eigenvalue weighted by Crippen LogP contribution is -2.23. The van der Waals surface area contributed by atoms with Crippen molar-refractivity contribution in [2.75, 3.05) is 18.6 Å². The molecule has 2 nitrogen and oxygen atoms in total. The van der Waals surface area contributed by atoms with Crippen LogP contribution in [0.15, 0.2) is 15.9 Å². The molecule has 5 heteroatoms. The summed E-state index contributed by atoms with van der Waals surface area (Å²) in [7, 11) is 0. The first-order chi connectivity index (χ1) is 7.25. The third-order valence-electron chi connectivity index (χ3n) is 1.88. The molecule has 0 saturated heterocycles. The summed E-state index contributed by atoms with van der Waals surface area (Å²) in [5.41, 5.74) is 0. The van der Waals surface area contributed by atoms with Crippen molar-refractivity contribution in [1.82, 2.24) is 5.32 Å². The summed E-state index contributed by atoms with van der Waals surface area (Å²) in [5.74, 6) is 1.19. The number of hydrogen-bond acceptors (Lipinski definition) is 3. The van der Waals surface area contributed by atoms with Gasteiger partial charge in [-0.25, -0.2) is 0 Å². The van der Waals surface area contributed by atoms with E-state index in [0.717, 1.165) is 28.7 Å². The van der Waals surface area contributed by atoms with Crippen molar-refractivity contribution >= 4 is 44.9 Å². The number of hydrogen-bond donors (Lipinski definition) is 1. The van der Waals surface area contributed by atoms with Crippen LogP contribution in [-0.2, 0) is 0 Å². The summed E-state index contributed by atoms with van der Waals surface area (Å²) in [6.45, 7) is 0.768. The van der Waals surface area contributed by atoms with Crippen LogP contribution in [0.25, 0.3) is 0 Å². The summed E-state index contributed by atoms with van der Waals surface area (Å²) in [4.78, 5) is 12.4. The van der Waals surface area contributed by atoms with E-state index in [4.69, 9.17) is 0 Å². The molecule has 0 atom stereocenters. The smallest absolute Gasteiger partial charge is 0.262 e. The van der Waals surface area contributed by atoms with Gasteiger partial charge in [0.25, 0.3) is 5.91 Å². The van der Waals surface area contributed by atoms with E-state index in [2.05, 4.69) is 27.5 Å². The molecule has 1 N–H and O–H groups in total. The van der Waals surface area contributed by atoms with Gasteiger partial charge in [0.05, 0.1) is 0 Å². The molecule has 0 aliphatic heterocycles. The van der Waals surface area contributed by atoms with Gasteiger partial charge >= 0.3 is 0 Å². The van der Waals surface area contributed by atoms with E-state index in [-0.39, 0.29) is 5.91 Å². The van der Waals surface area contributed by atoms with Crippen LogP contribution in [0.5, 0.6) is 0 Å². The fraction of sp³-hybridized carbons (Fsp3) is 0.500. The molecule has 0 aromatic carbocycles. The highest BCUT2D eigenvalue weighted by atomic mass is 79.9. The average Bonchev–Trinajstić information content (AvgIpc) is 2.64. The van der Waals surface area contributed by atoms with E-state index in [1.807, 2.05) is 23.2 Å². The van der Waals surface area contributed by atoms with E-state index in [0.29, 0.717) is 0 Å². The molecule has 1 heterocycles. The molecule has 0 aliphatic rings. The van der Waals surface area contributed by atoms with Gasteiger partial charge in [0.2, 0.25) is 0 Å². The molecular formula is C10H14BrNOS2. The summed E-state index contributed by atoms with van der Waals surface area (Å²) >= 11 is 6.65.